The molecule has 30 heavy (non-hydrogen) atoms. The third-order valence-corrected chi connectivity index (χ3v) is 5.82. The number of nitrogens with one attached hydrogen (secondary N) is 1. The first-order valence-corrected chi connectivity index (χ1v) is 9.63. The minimum Gasteiger partial charge on any atom is -0.497 e. The summed E-state index contributed by atoms with van der Waals surface area (Å²) < 4.78 is 11.1. The zero-order valence-electron chi connectivity index (χ0n) is 15.9. The third kappa shape index (κ3) is 2.75. The molecule has 1 atom stereocenters. The van der Waals surface area contributed by atoms with E-state index in [9.17, 15) is 14.4 Å². The van der Waals surface area contributed by atoms with Crippen LogP contribution in [0, 0.1) is 0 Å². The highest BCUT2D eigenvalue weighted by Gasteiger charge is 2.53. The average molecular weight is 426 g/mol. The number of carbonyl (C=O) groups excluding carboxylic acids is 3. The Bertz CT molecular complexity index is 1240. The van der Waals surface area contributed by atoms with Crippen LogP contribution in [0.15, 0.2) is 40.9 Å². The summed E-state index contributed by atoms with van der Waals surface area (Å²) in [5.74, 6) is -0.298. The summed E-state index contributed by atoms with van der Waals surface area (Å²) in [6.07, 6.45) is 1.32. The number of amides is 3. The van der Waals surface area contributed by atoms with Gasteiger partial charge >= 0.3 is 0 Å². The fourth-order valence-electron chi connectivity index (χ4n) is 4.11. The van der Waals surface area contributed by atoms with Gasteiger partial charge in [-0.2, -0.15) is 0 Å². The maximum atomic E-state index is 13.0. The number of methoxy groups -OCH3 is 1. The van der Waals surface area contributed by atoms with Crippen LogP contribution in [-0.2, 0) is 21.5 Å². The van der Waals surface area contributed by atoms with Crippen LogP contribution in [0.1, 0.15) is 28.1 Å². The second-order valence-electron chi connectivity index (χ2n) is 7.48. The number of hydrogen-bond donors (Lipinski definition) is 1. The molecule has 0 saturated carbocycles. The van der Waals surface area contributed by atoms with Crippen LogP contribution < -0.4 is 10.1 Å². The summed E-state index contributed by atoms with van der Waals surface area (Å²) in [6.45, 7) is 0.319. The molecule has 3 aromatic rings. The van der Waals surface area contributed by atoms with Crippen molar-refractivity contribution in [2.45, 2.75) is 18.4 Å². The van der Waals surface area contributed by atoms with Crippen LogP contribution in [0.25, 0.3) is 11.1 Å². The maximum Gasteiger partial charge on any atom is 0.254 e. The van der Waals surface area contributed by atoms with E-state index < -0.39 is 17.2 Å². The normalized spacial score (nSPS) is 20.7. The third-order valence-electron chi connectivity index (χ3n) is 5.62. The highest BCUT2D eigenvalue weighted by atomic mass is 35.5. The van der Waals surface area contributed by atoms with E-state index in [1.165, 1.54) is 13.3 Å². The zero-order valence-corrected chi connectivity index (χ0v) is 16.7. The van der Waals surface area contributed by atoms with Crippen LogP contribution in [0.5, 0.6) is 5.75 Å². The molecule has 9 heteroatoms. The highest BCUT2D eigenvalue weighted by molar-refractivity contribution is 6.31. The second kappa shape index (κ2) is 6.56. The lowest BCUT2D eigenvalue weighted by molar-refractivity contribution is -0.126. The summed E-state index contributed by atoms with van der Waals surface area (Å²) in [7, 11) is 1.53. The Morgan fingerprint density at radius 2 is 2.10 bits per heavy atom. The van der Waals surface area contributed by atoms with E-state index >= 15 is 0 Å². The summed E-state index contributed by atoms with van der Waals surface area (Å²) in [5, 5.41) is 3.39. The van der Waals surface area contributed by atoms with E-state index in [0.717, 1.165) is 5.56 Å². The number of aromatic nitrogens is 1. The number of hydrogen-bond acceptors (Lipinski definition) is 6. The Labute approximate surface area is 175 Å². The van der Waals surface area contributed by atoms with Crippen LogP contribution in [0.3, 0.4) is 0 Å². The number of pyridine rings is 1. The minimum atomic E-state index is -1.34. The van der Waals surface area contributed by atoms with Crippen molar-refractivity contribution in [3.05, 3.63) is 58.4 Å². The monoisotopic (exact) mass is 425 g/mol. The summed E-state index contributed by atoms with van der Waals surface area (Å²) in [5.41, 5.74) is 0.319. The molecule has 1 fully saturated rings. The molecule has 5 rings (SSSR count). The molecule has 2 aromatic heterocycles. The van der Waals surface area contributed by atoms with Crippen molar-refractivity contribution in [2.75, 3.05) is 13.7 Å². The fourth-order valence-corrected chi connectivity index (χ4v) is 4.28. The molecule has 8 nitrogen and oxygen atoms in total. The maximum absolute atomic E-state index is 13.0. The molecule has 4 heterocycles. The smallest absolute Gasteiger partial charge is 0.254 e. The predicted molar refractivity (Wildman–Crippen MR) is 106 cm³/mol. The van der Waals surface area contributed by atoms with E-state index in [-0.39, 0.29) is 24.6 Å². The number of imide groups is 1. The largest absolute Gasteiger partial charge is 0.497 e. The van der Waals surface area contributed by atoms with Gasteiger partial charge in [-0.15, -0.1) is 0 Å². The predicted octanol–water partition coefficient (Wildman–Crippen LogP) is 2.43. The molecule has 3 amide bonds. The topological polar surface area (TPSA) is 102 Å². The fraction of sp³-hybridized carbons (Fsp3) is 0.238. The minimum absolute atomic E-state index is 0.00600. The first kappa shape index (κ1) is 18.6. The lowest BCUT2D eigenvalue weighted by Crippen LogP contribution is -2.46. The Morgan fingerprint density at radius 1 is 1.27 bits per heavy atom. The molecule has 0 radical (unpaired) electrons. The Hall–Kier alpha value is -3.39. The van der Waals surface area contributed by atoms with Gasteiger partial charge in [0, 0.05) is 30.2 Å². The van der Waals surface area contributed by atoms with Crippen molar-refractivity contribution in [1.29, 1.82) is 0 Å². The number of furan rings is 1. The average Bonchev–Trinajstić information content (AvgIpc) is 3.36. The Kier molecular flexibility index (Phi) is 4.08. The molecule has 2 aliphatic rings. The van der Waals surface area contributed by atoms with Gasteiger partial charge in [0.05, 0.1) is 18.6 Å². The van der Waals surface area contributed by atoms with Crippen molar-refractivity contribution in [3.63, 3.8) is 0 Å². The van der Waals surface area contributed by atoms with Crippen molar-refractivity contribution < 1.29 is 23.5 Å². The van der Waals surface area contributed by atoms with Crippen molar-refractivity contribution >= 4 is 40.4 Å². The number of nitrogens with zero attached hydrogens (tertiary/aromatic N) is 2. The first-order chi connectivity index (χ1) is 14.4. The molecule has 0 aliphatic carbocycles. The van der Waals surface area contributed by atoms with Gasteiger partial charge in [0.25, 0.3) is 5.91 Å². The molecule has 1 saturated heterocycles. The Morgan fingerprint density at radius 3 is 2.83 bits per heavy atom. The zero-order chi connectivity index (χ0) is 21.0. The first-order valence-electron chi connectivity index (χ1n) is 9.26. The van der Waals surface area contributed by atoms with Gasteiger partial charge in [-0.25, -0.2) is 4.98 Å². The van der Waals surface area contributed by atoms with Gasteiger partial charge in [0.2, 0.25) is 17.5 Å². The number of benzene rings is 1. The molecule has 0 unspecified atom stereocenters. The van der Waals surface area contributed by atoms with E-state index in [1.807, 2.05) is 6.07 Å². The van der Waals surface area contributed by atoms with E-state index in [4.69, 9.17) is 20.8 Å². The molecule has 152 valence electrons. The van der Waals surface area contributed by atoms with Crippen molar-refractivity contribution in [3.8, 4) is 5.75 Å². The van der Waals surface area contributed by atoms with Gasteiger partial charge < -0.3 is 14.1 Å². The molecule has 0 bridgehead atoms. The molecule has 1 N–H and O–H groups in total. The molecule has 2 aliphatic heterocycles. The van der Waals surface area contributed by atoms with Gasteiger partial charge in [0.1, 0.15) is 16.9 Å². The van der Waals surface area contributed by atoms with Gasteiger partial charge in [-0.1, -0.05) is 17.7 Å². The van der Waals surface area contributed by atoms with Crippen LogP contribution >= 0.6 is 11.6 Å². The molecular weight excluding hydrogens is 410 g/mol. The number of rotatable bonds is 4. The second-order valence-corrected chi connectivity index (χ2v) is 7.92. The van der Waals surface area contributed by atoms with Crippen LogP contribution in [0.2, 0.25) is 5.02 Å². The number of fused-ring (bicyclic) bond motifs is 2. The number of halogens is 1. The van der Waals surface area contributed by atoms with E-state index in [1.54, 1.807) is 29.2 Å². The Balaban J connectivity index is 1.55. The summed E-state index contributed by atoms with van der Waals surface area (Å²) >= 11 is 6.01. The quantitative estimate of drug-likeness (QED) is 0.644. The number of carbonyl (C=O) groups is 3. The molecule has 0 spiro atoms. The molecule has 1 aromatic carbocycles. The van der Waals surface area contributed by atoms with E-state index in [2.05, 4.69) is 10.3 Å². The van der Waals surface area contributed by atoms with Gasteiger partial charge in [-0.05, 0) is 29.8 Å². The van der Waals surface area contributed by atoms with E-state index in [0.29, 0.717) is 34.0 Å². The van der Waals surface area contributed by atoms with Crippen LogP contribution in [-0.4, -0.2) is 41.3 Å². The lowest BCUT2D eigenvalue weighted by Gasteiger charge is -2.28. The summed E-state index contributed by atoms with van der Waals surface area (Å²) in [4.78, 5) is 43.8. The summed E-state index contributed by atoms with van der Waals surface area (Å²) in [6, 6.07) is 8.61. The number of ether oxygens (including phenoxy) is 1. The SMILES string of the molecule is COc1ccc2c(c1)C(=O)N(C[C@@]1(c3cc4cc(Cl)cnc4o3)CC(=O)NC1=O)C2. The lowest BCUT2D eigenvalue weighted by atomic mass is 9.82. The van der Waals surface area contributed by atoms with Gasteiger partial charge in [-0.3, -0.25) is 19.7 Å². The van der Waals surface area contributed by atoms with Crippen molar-refractivity contribution in [2.24, 2.45) is 0 Å². The van der Waals surface area contributed by atoms with Crippen LogP contribution in [0.4, 0.5) is 0 Å². The highest BCUT2D eigenvalue weighted by Crippen LogP contribution is 2.39. The van der Waals surface area contributed by atoms with Gasteiger partial charge in [0.15, 0.2) is 0 Å². The van der Waals surface area contributed by atoms with Crippen molar-refractivity contribution in [1.82, 2.24) is 15.2 Å². The molecular formula is C21H16ClN3O5. The standard InChI is InChI=1S/C21H16ClN3O5/c1-29-14-3-2-11-9-25(19(27)15(11)6-14)10-21(7-17(26)24-20(21)28)16-5-12-4-13(22)8-23-18(12)30-16/h2-6,8H,7,9-10H2,1H3,(H,24,26,28)/t21-/m1/s1.